The maximum Gasteiger partial charge on any atom is 0.410 e. The van der Waals surface area contributed by atoms with Gasteiger partial charge in [0.15, 0.2) is 0 Å². The molecule has 1 saturated heterocycles. The van der Waals surface area contributed by atoms with Crippen LogP contribution < -0.4 is 5.32 Å². The molecule has 2 aromatic carbocycles. The number of likely N-dealkylation sites (tertiary alicyclic amines) is 1. The lowest BCUT2D eigenvalue weighted by molar-refractivity contribution is 0.0651. The van der Waals surface area contributed by atoms with Crippen molar-refractivity contribution in [2.45, 2.75) is 38.0 Å². The number of halogens is 1. The molecule has 0 unspecified atom stereocenters. The first-order chi connectivity index (χ1) is 13.0. The number of hydrogen-bond donors (Lipinski definition) is 1. The molecule has 1 heterocycles. The summed E-state index contributed by atoms with van der Waals surface area (Å²) in [4.78, 5) is 14.1. The highest BCUT2D eigenvalue weighted by Gasteiger charge is 2.40. The number of nitrogens with zero attached hydrogens (tertiary/aromatic N) is 2. The summed E-state index contributed by atoms with van der Waals surface area (Å²) in [5.74, 6) is -0.358. The average molecular weight is 367 g/mol. The van der Waals surface area contributed by atoms with Crippen LogP contribution in [0.4, 0.5) is 14.9 Å². The van der Waals surface area contributed by atoms with Gasteiger partial charge in [0.2, 0.25) is 0 Å². The van der Waals surface area contributed by atoms with E-state index < -0.39 is 5.54 Å². The normalized spacial score (nSPS) is 22.0. The van der Waals surface area contributed by atoms with Gasteiger partial charge in [-0.1, -0.05) is 36.4 Å². The van der Waals surface area contributed by atoms with E-state index >= 15 is 0 Å². The molecule has 1 N–H and O–H groups in total. The van der Waals surface area contributed by atoms with Crippen molar-refractivity contribution in [1.29, 1.82) is 5.26 Å². The van der Waals surface area contributed by atoms with Crippen LogP contribution in [0.5, 0.6) is 0 Å². The summed E-state index contributed by atoms with van der Waals surface area (Å²) >= 11 is 0. The highest BCUT2D eigenvalue weighted by atomic mass is 19.1. The number of nitrogens with one attached hydrogen (secondary N) is 1. The quantitative estimate of drug-likeness (QED) is 0.874. The monoisotopic (exact) mass is 367 g/mol. The van der Waals surface area contributed by atoms with Crippen LogP contribution in [0, 0.1) is 17.1 Å². The Morgan fingerprint density at radius 2 is 2.11 bits per heavy atom. The molecular formula is C21H22FN3O2. The summed E-state index contributed by atoms with van der Waals surface area (Å²) in [5, 5.41) is 12.9. The molecule has 2 aromatic rings. The number of anilines is 1. The van der Waals surface area contributed by atoms with Crippen molar-refractivity contribution >= 4 is 11.8 Å². The van der Waals surface area contributed by atoms with Gasteiger partial charge < -0.3 is 15.0 Å². The lowest BCUT2D eigenvalue weighted by Crippen LogP contribution is -2.54. The maximum absolute atomic E-state index is 13.4. The maximum atomic E-state index is 13.4. The van der Waals surface area contributed by atoms with Crippen LogP contribution in [0.1, 0.15) is 25.3 Å². The summed E-state index contributed by atoms with van der Waals surface area (Å²) in [6.07, 6.45) is 0.481. The number of benzene rings is 2. The van der Waals surface area contributed by atoms with Gasteiger partial charge in [-0.3, -0.25) is 0 Å². The van der Waals surface area contributed by atoms with Crippen LogP contribution in [-0.2, 0) is 11.3 Å². The minimum atomic E-state index is -0.844. The molecule has 1 aliphatic heterocycles. The molecule has 0 bridgehead atoms. The number of ether oxygens (including phenoxy) is 1. The van der Waals surface area contributed by atoms with Gasteiger partial charge >= 0.3 is 6.09 Å². The summed E-state index contributed by atoms with van der Waals surface area (Å²) in [6.45, 7) is 2.50. The molecule has 0 radical (unpaired) electrons. The van der Waals surface area contributed by atoms with Gasteiger partial charge in [-0.2, -0.15) is 5.26 Å². The number of hydrogen-bond acceptors (Lipinski definition) is 4. The topological polar surface area (TPSA) is 65.4 Å². The van der Waals surface area contributed by atoms with Gasteiger partial charge in [-0.05, 0) is 30.7 Å². The Labute approximate surface area is 158 Å². The molecule has 0 aliphatic carbocycles. The van der Waals surface area contributed by atoms with Crippen LogP contribution in [0.3, 0.4) is 0 Å². The number of piperidine rings is 1. The zero-order valence-corrected chi connectivity index (χ0v) is 15.2. The molecule has 27 heavy (non-hydrogen) atoms. The molecule has 1 amide bonds. The molecule has 2 atom stereocenters. The Morgan fingerprint density at radius 3 is 2.78 bits per heavy atom. The molecule has 6 heteroatoms. The van der Waals surface area contributed by atoms with E-state index in [0.29, 0.717) is 25.1 Å². The van der Waals surface area contributed by atoms with E-state index in [1.54, 1.807) is 17.0 Å². The number of carbonyl (C=O) groups excluding carboxylic acids is 1. The average Bonchev–Trinajstić information content (AvgIpc) is 2.67. The summed E-state index contributed by atoms with van der Waals surface area (Å²) in [5.41, 5.74) is 0.641. The van der Waals surface area contributed by atoms with Crippen LogP contribution in [0.25, 0.3) is 0 Å². The third kappa shape index (κ3) is 4.56. The fourth-order valence-corrected chi connectivity index (χ4v) is 3.41. The van der Waals surface area contributed by atoms with E-state index in [2.05, 4.69) is 11.4 Å². The van der Waals surface area contributed by atoms with Crippen molar-refractivity contribution in [3.63, 3.8) is 0 Å². The Morgan fingerprint density at radius 1 is 1.33 bits per heavy atom. The summed E-state index contributed by atoms with van der Waals surface area (Å²) in [6, 6.07) is 17.7. The molecular weight excluding hydrogens is 345 g/mol. The minimum Gasteiger partial charge on any atom is -0.445 e. The number of amides is 1. The molecule has 5 nitrogen and oxygen atoms in total. The van der Waals surface area contributed by atoms with Crippen LogP contribution in [-0.4, -0.2) is 29.1 Å². The van der Waals surface area contributed by atoms with Crippen molar-refractivity contribution in [2.75, 3.05) is 11.9 Å². The molecule has 1 aliphatic rings. The van der Waals surface area contributed by atoms with Crippen molar-refractivity contribution in [3.8, 4) is 6.07 Å². The van der Waals surface area contributed by atoms with E-state index in [-0.39, 0.29) is 24.6 Å². The van der Waals surface area contributed by atoms with Gasteiger partial charge in [0.1, 0.15) is 18.0 Å². The van der Waals surface area contributed by atoms with Gasteiger partial charge in [0.05, 0.1) is 6.07 Å². The predicted octanol–water partition coefficient (Wildman–Crippen LogP) is 4.32. The number of nitriles is 1. The zero-order valence-electron chi connectivity index (χ0n) is 15.2. The van der Waals surface area contributed by atoms with Gasteiger partial charge in [-0.15, -0.1) is 0 Å². The Hall–Kier alpha value is -3.07. The Bertz CT molecular complexity index is 837. The van der Waals surface area contributed by atoms with Crippen LogP contribution in [0.2, 0.25) is 0 Å². The van der Waals surface area contributed by atoms with E-state index in [4.69, 9.17) is 4.74 Å². The molecule has 0 spiro atoms. The van der Waals surface area contributed by atoms with Crippen molar-refractivity contribution in [3.05, 3.63) is 66.0 Å². The van der Waals surface area contributed by atoms with Crippen molar-refractivity contribution in [1.82, 2.24) is 4.90 Å². The minimum absolute atomic E-state index is 0.178. The van der Waals surface area contributed by atoms with E-state index in [9.17, 15) is 14.4 Å². The molecule has 0 saturated carbocycles. The van der Waals surface area contributed by atoms with E-state index in [0.717, 1.165) is 5.56 Å². The van der Waals surface area contributed by atoms with Gasteiger partial charge in [-0.25, -0.2) is 9.18 Å². The summed E-state index contributed by atoms with van der Waals surface area (Å²) < 4.78 is 18.8. The standard InChI is InChI=1S/C21H22FN3O2/c1-16-13-21(15-23,24-19-9-5-8-18(22)12-19)10-11-25(16)20(26)27-14-17-6-3-2-4-7-17/h2-9,12,16,24H,10-11,13-14H2,1H3/t16-,21-/m0/s1. The molecule has 3 rings (SSSR count). The smallest absolute Gasteiger partial charge is 0.410 e. The van der Waals surface area contributed by atoms with E-state index in [1.165, 1.54) is 12.1 Å². The Kier molecular flexibility index (Phi) is 5.60. The molecule has 1 fully saturated rings. The van der Waals surface area contributed by atoms with Crippen molar-refractivity contribution in [2.24, 2.45) is 0 Å². The second kappa shape index (κ2) is 8.09. The van der Waals surface area contributed by atoms with E-state index in [1.807, 2.05) is 37.3 Å². The highest BCUT2D eigenvalue weighted by Crippen LogP contribution is 2.31. The van der Waals surface area contributed by atoms with Crippen LogP contribution in [0.15, 0.2) is 54.6 Å². The summed E-state index contributed by atoms with van der Waals surface area (Å²) in [7, 11) is 0. The molecule has 0 aromatic heterocycles. The SMILES string of the molecule is C[C@H]1C[C@@](C#N)(Nc2cccc(F)c2)CCN1C(=O)OCc1ccccc1. The van der Waals surface area contributed by atoms with Crippen LogP contribution >= 0.6 is 0 Å². The van der Waals surface area contributed by atoms with Gasteiger partial charge in [0.25, 0.3) is 0 Å². The van der Waals surface area contributed by atoms with Crippen molar-refractivity contribution < 1.29 is 13.9 Å². The zero-order chi connectivity index (χ0) is 19.3. The lowest BCUT2D eigenvalue weighted by Gasteiger charge is -2.42. The Balaban J connectivity index is 1.61. The predicted molar refractivity (Wildman–Crippen MR) is 100 cm³/mol. The first-order valence-electron chi connectivity index (χ1n) is 8.94. The second-order valence-electron chi connectivity index (χ2n) is 6.87. The number of carbonyl (C=O) groups is 1. The second-order valence-corrected chi connectivity index (χ2v) is 6.87. The number of rotatable bonds is 4. The highest BCUT2D eigenvalue weighted by molar-refractivity contribution is 5.68. The molecule has 140 valence electrons. The third-order valence-electron chi connectivity index (χ3n) is 4.82. The largest absolute Gasteiger partial charge is 0.445 e. The first-order valence-corrected chi connectivity index (χ1v) is 8.94. The first kappa shape index (κ1) is 18.7. The van der Waals surface area contributed by atoms with Gasteiger partial charge in [0, 0.05) is 31.1 Å². The fraction of sp³-hybridized carbons (Fsp3) is 0.333. The lowest BCUT2D eigenvalue weighted by atomic mass is 9.84. The fourth-order valence-electron chi connectivity index (χ4n) is 3.41. The third-order valence-corrected chi connectivity index (χ3v) is 4.82.